The van der Waals surface area contributed by atoms with Gasteiger partial charge >= 0.3 is 0 Å². The second-order valence-corrected chi connectivity index (χ2v) is 3.34. The molecule has 0 aliphatic carbocycles. The lowest BCUT2D eigenvalue weighted by Gasteiger charge is -1.98. The maximum atomic E-state index is 5.09. The molecule has 1 nitrogen and oxygen atoms in total. The summed E-state index contributed by atoms with van der Waals surface area (Å²) in [5.74, 6) is 0. The Bertz CT molecular complexity index is 57.0. The zero-order chi connectivity index (χ0) is 7.66. The smallest absolute Gasteiger partial charge is 0.145 e. The maximum Gasteiger partial charge on any atom is 0.145 e. The van der Waals surface area contributed by atoms with Gasteiger partial charge in [0.15, 0.2) is 0 Å². The summed E-state index contributed by atoms with van der Waals surface area (Å²) in [6.07, 6.45) is 8.20. The predicted octanol–water partition coefficient (Wildman–Crippen LogP) is 2.49. The van der Waals surface area contributed by atoms with E-state index in [1.807, 2.05) is 0 Å². The van der Waals surface area contributed by atoms with Gasteiger partial charge in [-0.1, -0.05) is 39.0 Å². The normalized spacial score (nSPS) is 8.75. The van der Waals surface area contributed by atoms with Crippen molar-refractivity contribution in [1.29, 1.82) is 0 Å². The zero-order valence-corrected chi connectivity index (χ0v) is 11.8. The van der Waals surface area contributed by atoms with Crippen LogP contribution in [0.2, 0.25) is 0 Å². The van der Waals surface area contributed by atoms with E-state index in [-0.39, 0.29) is 24.8 Å². The van der Waals surface area contributed by atoms with Crippen molar-refractivity contribution in [3.8, 4) is 0 Å². The molecule has 12 heavy (non-hydrogen) atoms. The van der Waals surface area contributed by atoms with Crippen LogP contribution in [-0.4, -0.2) is 17.1 Å². The predicted molar refractivity (Wildman–Crippen MR) is 63.8 cm³/mol. The number of halogens is 2. The first-order chi connectivity index (χ1) is 4.91. The van der Waals surface area contributed by atoms with Crippen LogP contribution in [0.3, 0.4) is 0 Å². The summed E-state index contributed by atoms with van der Waals surface area (Å²) >= 11 is 0. The Kier molecular flexibility index (Phi) is 27.4. The molecule has 0 spiro atoms. The van der Waals surface area contributed by atoms with Crippen LogP contribution in [0.15, 0.2) is 0 Å². The largest absolute Gasteiger partial charge is 0.428 e. The summed E-state index contributed by atoms with van der Waals surface area (Å²) in [7, 11) is 0.909. The van der Waals surface area contributed by atoms with Gasteiger partial charge in [0.2, 0.25) is 0 Å². The van der Waals surface area contributed by atoms with Crippen LogP contribution >= 0.6 is 24.8 Å². The van der Waals surface area contributed by atoms with Gasteiger partial charge in [-0.3, -0.25) is 0 Å². The van der Waals surface area contributed by atoms with E-state index in [0.29, 0.717) is 0 Å². The van der Waals surface area contributed by atoms with Gasteiger partial charge in [-0.25, -0.2) is 0 Å². The average Bonchev–Trinajstić information content (AvgIpc) is 1.97. The van der Waals surface area contributed by atoms with Crippen molar-refractivity contribution in [1.82, 2.24) is 0 Å². The highest BCUT2D eigenvalue weighted by atomic mass is 35.5. The monoisotopic (exact) mass is 232 g/mol. The van der Waals surface area contributed by atoms with Crippen LogP contribution in [0.25, 0.3) is 0 Å². The highest BCUT2D eigenvalue weighted by Crippen LogP contribution is 2.04. The summed E-state index contributed by atoms with van der Waals surface area (Å²) in [4.78, 5) is 0. The molecule has 0 saturated heterocycles. The van der Waals surface area contributed by atoms with E-state index in [1.54, 1.807) is 0 Å². The van der Waals surface area contributed by atoms with E-state index in [1.165, 1.54) is 38.5 Å². The van der Waals surface area contributed by atoms with Crippen molar-refractivity contribution in [2.75, 3.05) is 6.61 Å². The highest BCUT2D eigenvalue weighted by Gasteiger charge is 1.87. The van der Waals surface area contributed by atoms with Gasteiger partial charge in [-0.05, 0) is 6.42 Å². The van der Waals surface area contributed by atoms with Crippen LogP contribution in [0.1, 0.15) is 45.4 Å². The Balaban J connectivity index is -0.000000405. The Morgan fingerprint density at radius 3 is 1.92 bits per heavy atom. The molecule has 0 amide bonds. The fraction of sp³-hybridized carbons (Fsp3) is 1.00. The number of hydrogen-bond donors (Lipinski definition) is 0. The lowest BCUT2D eigenvalue weighted by molar-refractivity contribution is 0.333. The number of hydrogen-bond acceptors (Lipinski definition) is 1. The molecule has 0 fully saturated rings. The van der Waals surface area contributed by atoms with E-state index < -0.39 is 0 Å². The molecular formula is C8H22Cl2OSi. The van der Waals surface area contributed by atoms with Crippen LogP contribution in [0, 0.1) is 0 Å². The summed E-state index contributed by atoms with van der Waals surface area (Å²) in [6, 6.07) is 0. The first-order valence-corrected chi connectivity index (χ1v) is 5.22. The lowest BCUT2D eigenvalue weighted by atomic mass is 10.1. The Labute approximate surface area is 92.0 Å². The third kappa shape index (κ3) is 17.0. The molecule has 0 aliphatic rings. The standard InChI is InChI=1S/C8H20OSi.2ClH/c1-2-3-4-5-6-7-8-9-10;;/h2-8H2,1,10H3;2*1H. The minimum Gasteiger partial charge on any atom is -0.428 e. The van der Waals surface area contributed by atoms with Gasteiger partial charge in [0.25, 0.3) is 0 Å². The molecule has 0 aliphatic heterocycles. The van der Waals surface area contributed by atoms with Gasteiger partial charge in [0, 0.05) is 6.61 Å². The minimum atomic E-state index is 0. The minimum absolute atomic E-state index is 0. The van der Waals surface area contributed by atoms with Crippen LogP contribution in [0.5, 0.6) is 0 Å². The first kappa shape index (κ1) is 18.5. The SMILES string of the molecule is CCCCCCCCO[SiH3].Cl.Cl. The van der Waals surface area contributed by atoms with Gasteiger partial charge in [-0.2, -0.15) is 0 Å². The molecule has 0 atom stereocenters. The molecule has 0 saturated carbocycles. The third-order valence-corrected chi connectivity index (χ3v) is 2.11. The van der Waals surface area contributed by atoms with Crippen molar-refractivity contribution in [2.24, 2.45) is 0 Å². The van der Waals surface area contributed by atoms with Gasteiger partial charge in [0.1, 0.15) is 10.5 Å². The average molecular weight is 233 g/mol. The third-order valence-electron chi connectivity index (χ3n) is 1.70. The Hall–Kier alpha value is 0.757. The molecule has 0 aromatic heterocycles. The molecule has 0 unspecified atom stereocenters. The topological polar surface area (TPSA) is 9.23 Å². The molecule has 0 radical (unpaired) electrons. The molecule has 0 rings (SSSR count). The van der Waals surface area contributed by atoms with Crippen molar-refractivity contribution in [3.63, 3.8) is 0 Å². The van der Waals surface area contributed by atoms with E-state index in [9.17, 15) is 0 Å². The highest BCUT2D eigenvalue weighted by molar-refractivity contribution is 5.97. The van der Waals surface area contributed by atoms with Crippen LogP contribution in [-0.2, 0) is 4.43 Å². The summed E-state index contributed by atoms with van der Waals surface area (Å²) < 4.78 is 5.09. The van der Waals surface area contributed by atoms with Crippen molar-refractivity contribution >= 4 is 35.3 Å². The number of rotatable bonds is 7. The van der Waals surface area contributed by atoms with Gasteiger partial charge < -0.3 is 4.43 Å². The van der Waals surface area contributed by atoms with Crippen molar-refractivity contribution < 1.29 is 4.43 Å². The zero-order valence-electron chi connectivity index (χ0n) is 8.17. The summed E-state index contributed by atoms with van der Waals surface area (Å²) in [5, 5.41) is 0. The van der Waals surface area contributed by atoms with Crippen molar-refractivity contribution in [3.05, 3.63) is 0 Å². The number of unbranched alkanes of at least 4 members (excludes halogenated alkanes) is 5. The fourth-order valence-corrected chi connectivity index (χ4v) is 1.32. The molecule has 0 heterocycles. The summed E-state index contributed by atoms with van der Waals surface area (Å²) in [5.41, 5.74) is 0. The van der Waals surface area contributed by atoms with E-state index in [2.05, 4.69) is 6.92 Å². The second-order valence-electron chi connectivity index (χ2n) is 2.76. The van der Waals surface area contributed by atoms with E-state index in [4.69, 9.17) is 4.43 Å². The quantitative estimate of drug-likeness (QED) is 0.485. The lowest BCUT2D eigenvalue weighted by Crippen LogP contribution is -1.89. The first-order valence-electron chi connectivity index (χ1n) is 4.40. The Morgan fingerprint density at radius 1 is 0.917 bits per heavy atom. The molecule has 4 heteroatoms. The molecule has 0 N–H and O–H groups in total. The molecule has 78 valence electrons. The molecule has 0 aromatic carbocycles. The van der Waals surface area contributed by atoms with E-state index in [0.717, 1.165) is 17.1 Å². The van der Waals surface area contributed by atoms with Crippen LogP contribution in [0.4, 0.5) is 0 Å². The van der Waals surface area contributed by atoms with Gasteiger partial charge in [-0.15, -0.1) is 24.8 Å². The molecular weight excluding hydrogens is 211 g/mol. The Morgan fingerprint density at radius 2 is 1.42 bits per heavy atom. The molecule has 0 bridgehead atoms. The fourth-order valence-electron chi connectivity index (χ4n) is 1.03. The van der Waals surface area contributed by atoms with Crippen molar-refractivity contribution in [2.45, 2.75) is 45.4 Å². The molecule has 0 aromatic rings. The second kappa shape index (κ2) is 17.7. The van der Waals surface area contributed by atoms with E-state index >= 15 is 0 Å². The van der Waals surface area contributed by atoms with Gasteiger partial charge in [0.05, 0.1) is 0 Å². The van der Waals surface area contributed by atoms with Crippen LogP contribution < -0.4 is 0 Å². The summed E-state index contributed by atoms with van der Waals surface area (Å²) in [6.45, 7) is 3.25. The maximum absolute atomic E-state index is 5.09.